The molecule has 1 rings (SSSR count). The number of likely N-dealkylation sites (N-methyl/N-ethyl adjacent to an activating group) is 1. The van der Waals surface area contributed by atoms with Gasteiger partial charge in [-0.05, 0) is 12.1 Å². The maximum atomic E-state index is 11.2. The van der Waals surface area contributed by atoms with Gasteiger partial charge in [0.15, 0.2) is 6.61 Å². The van der Waals surface area contributed by atoms with Gasteiger partial charge in [0.1, 0.15) is 5.76 Å². The zero-order valence-electron chi connectivity index (χ0n) is 8.10. The third kappa shape index (κ3) is 3.10. The minimum absolute atomic E-state index is 0.154. The molecule has 2 N–H and O–H groups in total. The van der Waals surface area contributed by atoms with Crippen LogP contribution in [0.25, 0.3) is 0 Å². The molecule has 14 heavy (non-hydrogen) atoms. The number of hydrogen-bond donors (Lipinski definition) is 1. The van der Waals surface area contributed by atoms with Crippen molar-refractivity contribution >= 4 is 6.09 Å². The average molecular weight is 198 g/mol. The summed E-state index contributed by atoms with van der Waals surface area (Å²) in [6, 6.07) is 3.49. The zero-order valence-corrected chi connectivity index (χ0v) is 8.10. The molecule has 0 saturated carbocycles. The van der Waals surface area contributed by atoms with Gasteiger partial charge in [-0.15, -0.1) is 0 Å². The molecule has 0 aliphatic rings. The molecule has 0 aromatic carbocycles. The van der Waals surface area contributed by atoms with Crippen molar-refractivity contribution in [2.75, 3.05) is 20.1 Å². The van der Waals surface area contributed by atoms with E-state index in [-0.39, 0.29) is 6.61 Å². The van der Waals surface area contributed by atoms with Gasteiger partial charge < -0.3 is 19.8 Å². The SMILES string of the molecule is CN(CCN)C(=O)OCc1ccco1. The van der Waals surface area contributed by atoms with E-state index in [4.69, 9.17) is 14.9 Å². The molecule has 1 aromatic rings. The number of furan rings is 1. The lowest BCUT2D eigenvalue weighted by molar-refractivity contribution is 0.0988. The Morgan fingerprint density at radius 1 is 1.71 bits per heavy atom. The van der Waals surface area contributed by atoms with E-state index >= 15 is 0 Å². The highest BCUT2D eigenvalue weighted by Crippen LogP contribution is 2.02. The van der Waals surface area contributed by atoms with Crippen molar-refractivity contribution in [1.82, 2.24) is 4.90 Å². The maximum absolute atomic E-state index is 11.2. The predicted octanol–water partition coefficient (Wildman–Crippen LogP) is 0.807. The number of nitrogens with two attached hydrogens (primary N) is 1. The molecule has 0 unspecified atom stereocenters. The topological polar surface area (TPSA) is 68.7 Å². The second kappa shape index (κ2) is 5.29. The van der Waals surface area contributed by atoms with E-state index in [9.17, 15) is 4.79 Å². The number of ether oxygens (including phenoxy) is 1. The predicted molar refractivity (Wildman–Crippen MR) is 50.6 cm³/mol. The lowest BCUT2D eigenvalue weighted by atomic mass is 10.5. The van der Waals surface area contributed by atoms with Crippen LogP contribution in [0.15, 0.2) is 22.8 Å². The van der Waals surface area contributed by atoms with Crippen LogP contribution in [0.3, 0.4) is 0 Å². The fourth-order valence-electron chi connectivity index (χ4n) is 0.923. The molecular weight excluding hydrogens is 184 g/mol. The Labute approximate surface area is 82.4 Å². The summed E-state index contributed by atoms with van der Waals surface area (Å²) in [6.07, 6.45) is 1.14. The Bertz CT molecular complexity index is 272. The fraction of sp³-hybridized carbons (Fsp3) is 0.444. The quantitative estimate of drug-likeness (QED) is 0.777. The highest BCUT2D eigenvalue weighted by atomic mass is 16.6. The van der Waals surface area contributed by atoms with E-state index in [2.05, 4.69) is 0 Å². The Kier molecular flexibility index (Phi) is 4.00. The van der Waals surface area contributed by atoms with E-state index < -0.39 is 6.09 Å². The minimum atomic E-state index is -0.396. The molecule has 0 aliphatic carbocycles. The minimum Gasteiger partial charge on any atom is -0.466 e. The summed E-state index contributed by atoms with van der Waals surface area (Å²) in [5.41, 5.74) is 5.29. The largest absolute Gasteiger partial charge is 0.466 e. The maximum Gasteiger partial charge on any atom is 0.409 e. The van der Waals surface area contributed by atoms with E-state index in [0.29, 0.717) is 18.8 Å². The van der Waals surface area contributed by atoms with Crippen molar-refractivity contribution in [3.63, 3.8) is 0 Å². The van der Waals surface area contributed by atoms with Crippen LogP contribution in [-0.2, 0) is 11.3 Å². The van der Waals surface area contributed by atoms with E-state index in [1.165, 1.54) is 11.2 Å². The fourth-order valence-corrected chi connectivity index (χ4v) is 0.923. The molecule has 0 bridgehead atoms. The smallest absolute Gasteiger partial charge is 0.409 e. The molecule has 1 amide bonds. The van der Waals surface area contributed by atoms with Crippen LogP contribution in [0.2, 0.25) is 0 Å². The number of hydrogen-bond acceptors (Lipinski definition) is 4. The first-order chi connectivity index (χ1) is 6.74. The first-order valence-corrected chi connectivity index (χ1v) is 4.34. The van der Waals surface area contributed by atoms with Gasteiger partial charge in [0.05, 0.1) is 6.26 Å². The number of amides is 1. The Morgan fingerprint density at radius 2 is 2.50 bits per heavy atom. The monoisotopic (exact) mass is 198 g/mol. The number of nitrogens with zero attached hydrogens (tertiary/aromatic N) is 1. The van der Waals surface area contributed by atoms with Crippen molar-refractivity contribution in [3.05, 3.63) is 24.2 Å². The van der Waals surface area contributed by atoms with Gasteiger partial charge >= 0.3 is 6.09 Å². The van der Waals surface area contributed by atoms with Crippen LogP contribution in [0, 0.1) is 0 Å². The van der Waals surface area contributed by atoms with Crippen molar-refractivity contribution in [1.29, 1.82) is 0 Å². The molecular formula is C9H14N2O3. The van der Waals surface area contributed by atoms with Crippen LogP contribution in [0.1, 0.15) is 5.76 Å². The summed E-state index contributed by atoms with van der Waals surface area (Å²) in [5.74, 6) is 0.625. The summed E-state index contributed by atoms with van der Waals surface area (Å²) >= 11 is 0. The highest BCUT2D eigenvalue weighted by molar-refractivity contribution is 5.67. The van der Waals surface area contributed by atoms with Crippen LogP contribution in [0.4, 0.5) is 4.79 Å². The van der Waals surface area contributed by atoms with Gasteiger partial charge in [0.25, 0.3) is 0 Å². The van der Waals surface area contributed by atoms with Crippen molar-refractivity contribution in [2.24, 2.45) is 5.73 Å². The lowest BCUT2D eigenvalue weighted by Crippen LogP contribution is -2.32. The molecule has 0 atom stereocenters. The zero-order chi connectivity index (χ0) is 10.4. The first kappa shape index (κ1) is 10.6. The summed E-state index contributed by atoms with van der Waals surface area (Å²) in [6.45, 7) is 1.06. The lowest BCUT2D eigenvalue weighted by Gasteiger charge is -2.14. The Morgan fingerprint density at radius 3 is 3.07 bits per heavy atom. The third-order valence-corrected chi connectivity index (χ3v) is 1.69. The normalized spacial score (nSPS) is 9.86. The average Bonchev–Trinajstić information content (AvgIpc) is 2.67. The summed E-state index contributed by atoms with van der Waals surface area (Å²) in [7, 11) is 1.64. The molecule has 1 heterocycles. The van der Waals surface area contributed by atoms with Gasteiger partial charge in [-0.2, -0.15) is 0 Å². The molecule has 5 heteroatoms. The van der Waals surface area contributed by atoms with Crippen molar-refractivity contribution < 1.29 is 13.9 Å². The molecule has 0 spiro atoms. The number of carbonyl (C=O) groups excluding carboxylic acids is 1. The van der Waals surface area contributed by atoms with Crippen LogP contribution in [-0.4, -0.2) is 31.1 Å². The highest BCUT2D eigenvalue weighted by Gasteiger charge is 2.09. The van der Waals surface area contributed by atoms with Gasteiger partial charge in [-0.1, -0.05) is 0 Å². The van der Waals surface area contributed by atoms with Crippen molar-refractivity contribution in [2.45, 2.75) is 6.61 Å². The molecule has 0 saturated heterocycles. The molecule has 5 nitrogen and oxygen atoms in total. The van der Waals surface area contributed by atoms with E-state index in [0.717, 1.165) is 0 Å². The van der Waals surface area contributed by atoms with Gasteiger partial charge in [0.2, 0.25) is 0 Å². The summed E-state index contributed by atoms with van der Waals surface area (Å²) < 4.78 is 9.94. The van der Waals surface area contributed by atoms with E-state index in [1.54, 1.807) is 19.2 Å². The van der Waals surface area contributed by atoms with Gasteiger partial charge in [-0.25, -0.2) is 4.79 Å². The molecule has 0 aliphatic heterocycles. The van der Waals surface area contributed by atoms with E-state index in [1.807, 2.05) is 0 Å². The summed E-state index contributed by atoms with van der Waals surface area (Å²) in [5, 5.41) is 0. The van der Waals surface area contributed by atoms with Gasteiger partial charge in [-0.3, -0.25) is 0 Å². The van der Waals surface area contributed by atoms with Crippen LogP contribution >= 0.6 is 0 Å². The molecule has 78 valence electrons. The molecule has 1 aromatic heterocycles. The third-order valence-electron chi connectivity index (χ3n) is 1.69. The van der Waals surface area contributed by atoms with Crippen molar-refractivity contribution in [3.8, 4) is 0 Å². The van der Waals surface area contributed by atoms with Crippen LogP contribution < -0.4 is 5.73 Å². The number of carbonyl (C=O) groups is 1. The second-order valence-electron chi connectivity index (χ2n) is 2.84. The molecule has 0 radical (unpaired) electrons. The Balaban J connectivity index is 2.27. The Hall–Kier alpha value is -1.49. The summed E-state index contributed by atoms with van der Waals surface area (Å²) in [4.78, 5) is 12.7. The standard InChI is InChI=1S/C9H14N2O3/c1-11(5-4-10)9(12)14-7-8-3-2-6-13-8/h2-3,6H,4-5,7,10H2,1H3. The number of rotatable bonds is 4. The van der Waals surface area contributed by atoms with Gasteiger partial charge in [0, 0.05) is 20.1 Å². The first-order valence-electron chi connectivity index (χ1n) is 4.34. The second-order valence-corrected chi connectivity index (χ2v) is 2.84. The van der Waals surface area contributed by atoms with Crippen LogP contribution in [0.5, 0.6) is 0 Å². The molecule has 0 fully saturated rings.